The Morgan fingerprint density at radius 3 is 3.12 bits per heavy atom. The van der Waals surface area contributed by atoms with Gasteiger partial charge in [0, 0.05) is 12.3 Å². The number of anilines is 1. The third-order valence-corrected chi connectivity index (χ3v) is 2.82. The van der Waals surface area contributed by atoms with Crippen LogP contribution in [-0.4, -0.2) is 18.6 Å². The normalized spacial score (nSPS) is 19.7. The maximum absolute atomic E-state index is 11.8. The molecule has 3 nitrogen and oxygen atoms in total. The molecule has 0 saturated carbocycles. The summed E-state index contributed by atoms with van der Waals surface area (Å²) in [4.78, 5) is 11.8. The van der Waals surface area contributed by atoms with E-state index in [4.69, 9.17) is 4.74 Å². The fourth-order valence-electron chi connectivity index (χ4n) is 1.88. The summed E-state index contributed by atoms with van der Waals surface area (Å²) in [6.07, 6.45) is 2.53. The molecule has 0 spiro atoms. The maximum Gasteiger partial charge on any atom is 0.253 e. The first-order chi connectivity index (χ1) is 7.79. The van der Waals surface area contributed by atoms with Crippen molar-refractivity contribution in [1.82, 2.24) is 0 Å². The smallest absolute Gasteiger partial charge is 0.253 e. The number of aryl methyl sites for hydroxylation is 1. The molecule has 1 amide bonds. The summed E-state index contributed by atoms with van der Waals surface area (Å²) in [5, 5.41) is 2.89. The van der Waals surface area contributed by atoms with E-state index < -0.39 is 0 Å². The van der Waals surface area contributed by atoms with Gasteiger partial charge in [-0.2, -0.15) is 0 Å². The van der Waals surface area contributed by atoms with Gasteiger partial charge < -0.3 is 10.1 Å². The Morgan fingerprint density at radius 2 is 2.44 bits per heavy atom. The van der Waals surface area contributed by atoms with Crippen molar-refractivity contribution in [2.75, 3.05) is 11.9 Å². The fraction of sp³-hybridized carbons (Fsp3) is 0.462. The molecule has 1 saturated heterocycles. The lowest BCUT2D eigenvalue weighted by molar-refractivity contribution is -0.124. The van der Waals surface area contributed by atoms with Gasteiger partial charge in [-0.25, -0.2) is 0 Å². The molecule has 16 heavy (non-hydrogen) atoms. The number of ether oxygens (including phenoxy) is 1. The van der Waals surface area contributed by atoms with Crippen LogP contribution >= 0.6 is 0 Å². The number of carbonyl (C=O) groups excluding carboxylic acids is 1. The average Bonchev–Trinajstić information content (AvgIpc) is 2.83. The number of benzene rings is 1. The lowest BCUT2D eigenvalue weighted by Crippen LogP contribution is -2.26. The molecule has 1 aromatic rings. The van der Waals surface area contributed by atoms with Crippen LogP contribution < -0.4 is 5.32 Å². The second-order valence-electron chi connectivity index (χ2n) is 4.04. The Kier molecular flexibility index (Phi) is 3.57. The summed E-state index contributed by atoms with van der Waals surface area (Å²) in [7, 11) is 0. The summed E-state index contributed by atoms with van der Waals surface area (Å²) in [6.45, 7) is 2.80. The second kappa shape index (κ2) is 5.12. The highest BCUT2D eigenvalue weighted by Gasteiger charge is 2.23. The van der Waals surface area contributed by atoms with E-state index in [-0.39, 0.29) is 12.0 Å². The summed E-state index contributed by atoms with van der Waals surface area (Å²) in [6, 6.07) is 7.94. The number of hydrogen-bond donors (Lipinski definition) is 1. The molecule has 1 atom stereocenters. The molecule has 0 aliphatic carbocycles. The fourth-order valence-corrected chi connectivity index (χ4v) is 1.88. The molecule has 2 rings (SSSR count). The first kappa shape index (κ1) is 11.1. The van der Waals surface area contributed by atoms with Crippen molar-refractivity contribution in [3.8, 4) is 0 Å². The van der Waals surface area contributed by atoms with Gasteiger partial charge >= 0.3 is 0 Å². The van der Waals surface area contributed by atoms with Crippen LogP contribution in [0, 0.1) is 0 Å². The van der Waals surface area contributed by atoms with E-state index >= 15 is 0 Å². The number of nitrogens with one attached hydrogen (secondary N) is 1. The van der Waals surface area contributed by atoms with Gasteiger partial charge in [-0.1, -0.05) is 19.1 Å². The highest BCUT2D eigenvalue weighted by Crippen LogP contribution is 2.16. The summed E-state index contributed by atoms with van der Waals surface area (Å²) in [5.41, 5.74) is 2.09. The highest BCUT2D eigenvalue weighted by atomic mass is 16.5. The molecule has 1 heterocycles. The Balaban J connectivity index is 1.99. The van der Waals surface area contributed by atoms with Crippen molar-refractivity contribution in [1.29, 1.82) is 0 Å². The molecule has 1 fully saturated rings. The van der Waals surface area contributed by atoms with Gasteiger partial charge in [-0.05, 0) is 37.0 Å². The van der Waals surface area contributed by atoms with Crippen LogP contribution in [-0.2, 0) is 16.0 Å². The largest absolute Gasteiger partial charge is 0.368 e. The SMILES string of the molecule is CCc1cccc(NC(=O)[C@H]2CCCO2)c1. The number of hydrogen-bond acceptors (Lipinski definition) is 2. The summed E-state index contributed by atoms with van der Waals surface area (Å²) >= 11 is 0. The van der Waals surface area contributed by atoms with E-state index in [1.165, 1.54) is 5.56 Å². The highest BCUT2D eigenvalue weighted by molar-refractivity contribution is 5.94. The topological polar surface area (TPSA) is 38.3 Å². The second-order valence-corrected chi connectivity index (χ2v) is 4.04. The zero-order chi connectivity index (χ0) is 11.4. The summed E-state index contributed by atoms with van der Waals surface area (Å²) in [5.74, 6) is -0.0225. The monoisotopic (exact) mass is 219 g/mol. The first-order valence-corrected chi connectivity index (χ1v) is 5.81. The molecule has 1 aromatic carbocycles. The van der Waals surface area contributed by atoms with Crippen LogP contribution in [0.25, 0.3) is 0 Å². The molecule has 0 radical (unpaired) electrons. The van der Waals surface area contributed by atoms with Crippen LogP contribution in [0.2, 0.25) is 0 Å². The summed E-state index contributed by atoms with van der Waals surface area (Å²) < 4.78 is 5.33. The van der Waals surface area contributed by atoms with E-state index in [9.17, 15) is 4.79 Å². The molecule has 1 aliphatic heterocycles. The number of rotatable bonds is 3. The van der Waals surface area contributed by atoms with Crippen molar-refractivity contribution in [2.45, 2.75) is 32.3 Å². The quantitative estimate of drug-likeness (QED) is 0.847. The van der Waals surface area contributed by atoms with Gasteiger partial charge in [0.1, 0.15) is 6.10 Å². The van der Waals surface area contributed by atoms with Crippen molar-refractivity contribution >= 4 is 11.6 Å². The Bertz CT molecular complexity index is 370. The predicted molar refractivity (Wildman–Crippen MR) is 63.4 cm³/mol. The minimum absolute atomic E-state index is 0.0225. The number of carbonyl (C=O) groups is 1. The lowest BCUT2D eigenvalue weighted by Gasteiger charge is -2.10. The van der Waals surface area contributed by atoms with Crippen LogP contribution in [0.5, 0.6) is 0 Å². The molecule has 1 aliphatic rings. The standard InChI is InChI=1S/C13H17NO2/c1-2-10-5-3-6-11(9-10)14-13(15)12-7-4-8-16-12/h3,5-6,9,12H,2,4,7-8H2,1H3,(H,14,15)/t12-/m1/s1. The van der Waals surface area contributed by atoms with E-state index in [2.05, 4.69) is 18.3 Å². The van der Waals surface area contributed by atoms with E-state index in [1.54, 1.807) is 0 Å². The van der Waals surface area contributed by atoms with Crippen LogP contribution in [0.1, 0.15) is 25.3 Å². The number of amides is 1. The minimum Gasteiger partial charge on any atom is -0.368 e. The van der Waals surface area contributed by atoms with Gasteiger partial charge in [0.15, 0.2) is 0 Å². The van der Waals surface area contributed by atoms with Crippen LogP contribution in [0.3, 0.4) is 0 Å². The Hall–Kier alpha value is -1.35. The van der Waals surface area contributed by atoms with Gasteiger partial charge in [0.25, 0.3) is 5.91 Å². The molecule has 3 heteroatoms. The zero-order valence-electron chi connectivity index (χ0n) is 9.53. The lowest BCUT2D eigenvalue weighted by atomic mass is 10.1. The van der Waals surface area contributed by atoms with Crippen molar-refractivity contribution < 1.29 is 9.53 Å². The third-order valence-electron chi connectivity index (χ3n) is 2.82. The maximum atomic E-state index is 11.8. The molecule has 86 valence electrons. The Labute approximate surface area is 95.8 Å². The molecule has 1 N–H and O–H groups in total. The van der Waals surface area contributed by atoms with Gasteiger partial charge in [-0.15, -0.1) is 0 Å². The van der Waals surface area contributed by atoms with Gasteiger partial charge in [0.05, 0.1) is 0 Å². The predicted octanol–water partition coefficient (Wildman–Crippen LogP) is 2.37. The van der Waals surface area contributed by atoms with Crippen LogP contribution in [0.15, 0.2) is 24.3 Å². The first-order valence-electron chi connectivity index (χ1n) is 5.81. The average molecular weight is 219 g/mol. The van der Waals surface area contributed by atoms with Crippen molar-refractivity contribution in [2.24, 2.45) is 0 Å². The molecule has 0 unspecified atom stereocenters. The molecular weight excluding hydrogens is 202 g/mol. The van der Waals surface area contributed by atoms with Crippen molar-refractivity contribution in [3.63, 3.8) is 0 Å². The molecule has 0 aromatic heterocycles. The van der Waals surface area contributed by atoms with Gasteiger partial charge in [0.2, 0.25) is 0 Å². The van der Waals surface area contributed by atoms with Crippen molar-refractivity contribution in [3.05, 3.63) is 29.8 Å². The molecular formula is C13H17NO2. The Morgan fingerprint density at radius 1 is 1.56 bits per heavy atom. The van der Waals surface area contributed by atoms with Crippen LogP contribution in [0.4, 0.5) is 5.69 Å². The van der Waals surface area contributed by atoms with E-state index in [1.807, 2.05) is 18.2 Å². The van der Waals surface area contributed by atoms with E-state index in [0.29, 0.717) is 6.61 Å². The third kappa shape index (κ3) is 2.61. The molecule has 0 bridgehead atoms. The van der Waals surface area contributed by atoms with E-state index in [0.717, 1.165) is 24.9 Å². The minimum atomic E-state index is -0.259. The van der Waals surface area contributed by atoms with Gasteiger partial charge in [-0.3, -0.25) is 4.79 Å². The zero-order valence-corrected chi connectivity index (χ0v) is 9.53.